The minimum Gasteiger partial charge on any atom is -0.345 e. The first-order chi connectivity index (χ1) is 9.96. The minimum atomic E-state index is -0.425. The lowest BCUT2D eigenvalue weighted by atomic mass is 9.88. The Kier molecular flexibility index (Phi) is 6.14. The van der Waals surface area contributed by atoms with Crippen molar-refractivity contribution in [2.75, 3.05) is 6.54 Å². The van der Waals surface area contributed by atoms with Gasteiger partial charge in [-0.15, -0.1) is 12.4 Å². The Morgan fingerprint density at radius 3 is 2.55 bits per heavy atom. The SMILES string of the molecule is CC(C)C(C)(CN)NC(=O)c1cnn(-c2ccccc2)c1.Cl. The molecule has 0 aliphatic rings. The zero-order valence-corrected chi connectivity index (χ0v) is 13.9. The Bertz CT molecular complexity index is 612. The van der Waals surface area contributed by atoms with Crippen molar-refractivity contribution in [3.63, 3.8) is 0 Å². The lowest BCUT2D eigenvalue weighted by Gasteiger charge is -2.33. The van der Waals surface area contributed by atoms with Crippen molar-refractivity contribution in [1.82, 2.24) is 15.1 Å². The molecule has 0 aliphatic heterocycles. The summed E-state index contributed by atoms with van der Waals surface area (Å²) < 4.78 is 1.68. The highest BCUT2D eigenvalue weighted by molar-refractivity contribution is 5.94. The second-order valence-corrected chi connectivity index (χ2v) is 5.74. The Labute approximate surface area is 137 Å². The first kappa shape index (κ1) is 18.2. The molecule has 0 fully saturated rings. The fourth-order valence-corrected chi connectivity index (χ4v) is 1.92. The molecule has 1 aromatic carbocycles. The summed E-state index contributed by atoms with van der Waals surface area (Å²) in [6.45, 7) is 6.43. The molecule has 2 rings (SSSR count). The Morgan fingerprint density at radius 1 is 1.36 bits per heavy atom. The fourth-order valence-electron chi connectivity index (χ4n) is 1.92. The number of amides is 1. The van der Waals surface area contributed by atoms with Crippen molar-refractivity contribution in [2.45, 2.75) is 26.3 Å². The number of hydrogen-bond acceptors (Lipinski definition) is 3. The van der Waals surface area contributed by atoms with Crippen LogP contribution in [0.1, 0.15) is 31.1 Å². The third kappa shape index (κ3) is 3.87. The summed E-state index contributed by atoms with van der Waals surface area (Å²) in [6, 6.07) is 9.68. The van der Waals surface area contributed by atoms with E-state index in [2.05, 4.69) is 10.4 Å². The summed E-state index contributed by atoms with van der Waals surface area (Å²) in [5.41, 5.74) is 6.82. The predicted octanol–water partition coefficient (Wildman–Crippen LogP) is 2.40. The lowest BCUT2D eigenvalue weighted by molar-refractivity contribution is 0.0883. The molecule has 2 aromatic rings. The third-order valence-electron chi connectivity index (χ3n) is 3.96. The molecule has 1 unspecified atom stereocenters. The highest BCUT2D eigenvalue weighted by Crippen LogP contribution is 2.16. The first-order valence-corrected chi connectivity index (χ1v) is 7.09. The molecule has 0 aliphatic carbocycles. The number of aromatic nitrogens is 2. The van der Waals surface area contributed by atoms with Gasteiger partial charge in [-0.2, -0.15) is 5.10 Å². The Morgan fingerprint density at radius 2 is 2.00 bits per heavy atom. The van der Waals surface area contributed by atoms with Gasteiger partial charge in [0, 0.05) is 12.7 Å². The van der Waals surface area contributed by atoms with Crippen LogP contribution in [0, 0.1) is 5.92 Å². The van der Waals surface area contributed by atoms with E-state index in [1.165, 1.54) is 0 Å². The highest BCUT2D eigenvalue weighted by atomic mass is 35.5. The number of nitrogens with zero attached hydrogens (tertiary/aromatic N) is 2. The molecule has 1 heterocycles. The summed E-state index contributed by atoms with van der Waals surface area (Å²) in [5, 5.41) is 7.24. The summed E-state index contributed by atoms with van der Waals surface area (Å²) >= 11 is 0. The number of benzene rings is 1. The van der Waals surface area contributed by atoms with Gasteiger partial charge in [-0.1, -0.05) is 32.0 Å². The van der Waals surface area contributed by atoms with Crippen LogP contribution in [-0.4, -0.2) is 27.8 Å². The molecule has 0 saturated heterocycles. The normalized spacial score (nSPS) is 13.3. The number of para-hydroxylation sites is 1. The highest BCUT2D eigenvalue weighted by Gasteiger charge is 2.29. The van der Waals surface area contributed by atoms with E-state index in [9.17, 15) is 4.79 Å². The average molecular weight is 323 g/mol. The van der Waals surface area contributed by atoms with Crippen LogP contribution in [0.5, 0.6) is 0 Å². The number of rotatable bonds is 5. The van der Waals surface area contributed by atoms with Crippen LogP contribution in [0.2, 0.25) is 0 Å². The van der Waals surface area contributed by atoms with Crippen molar-refractivity contribution in [3.8, 4) is 5.69 Å². The molecule has 1 amide bonds. The van der Waals surface area contributed by atoms with Crippen molar-refractivity contribution < 1.29 is 4.79 Å². The average Bonchev–Trinajstić information content (AvgIpc) is 2.97. The minimum absolute atomic E-state index is 0. The molecule has 3 N–H and O–H groups in total. The van der Waals surface area contributed by atoms with Crippen molar-refractivity contribution in [1.29, 1.82) is 0 Å². The third-order valence-corrected chi connectivity index (χ3v) is 3.96. The maximum Gasteiger partial charge on any atom is 0.254 e. The molecule has 6 heteroatoms. The maximum atomic E-state index is 12.3. The summed E-state index contributed by atoms with van der Waals surface area (Å²) in [7, 11) is 0. The zero-order chi connectivity index (χ0) is 15.5. The van der Waals surface area contributed by atoms with Gasteiger partial charge in [0.05, 0.1) is 23.0 Å². The van der Waals surface area contributed by atoms with Crippen molar-refractivity contribution in [3.05, 3.63) is 48.3 Å². The van der Waals surface area contributed by atoms with Gasteiger partial charge in [-0.3, -0.25) is 4.79 Å². The summed E-state index contributed by atoms with van der Waals surface area (Å²) in [4.78, 5) is 12.3. The largest absolute Gasteiger partial charge is 0.345 e. The van der Waals surface area contributed by atoms with E-state index < -0.39 is 5.54 Å². The second kappa shape index (κ2) is 7.42. The molecule has 0 saturated carbocycles. The van der Waals surface area contributed by atoms with Gasteiger partial charge < -0.3 is 11.1 Å². The van der Waals surface area contributed by atoms with E-state index in [-0.39, 0.29) is 24.2 Å². The van der Waals surface area contributed by atoms with Crippen LogP contribution in [-0.2, 0) is 0 Å². The van der Waals surface area contributed by atoms with Crippen LogP contribution in [0.3, 0.4) is 0 Å². The molecule has 22 heavy (non-hydrogen) atoms. The van der Waals surface area contributed by atoms with E-state index in [1.807, 2.05) is 51.1 Å². The molecule has 1 atom stereocenters. The number of nitrogens with two attached hydrogens (primary N) is 1. The lowest BCUT2D eigenvalue weighted by Crippen LogP contribution is -2.54. The van der Waals surface area contributed by atoms with E-state index in [4.69, 9.17) is 5.73 Å². The van der Waals surface area contributed by atoms with Crippen LogP contribution >= 0.6 is 12.4 Å². The molecular weight excluding hydrogens is 300 g/mol. The van der Waals surface area contributed by atoms with Gasteiger partial charge >= 0.3 is 0 Å². The van der Waals surface area contributed by atoms with E-state index in [1.54, 1.807) is 17.1 Å². The monoisotopic (exact) mass is 322 g/mol. The van der Waals surface area contributed by atoms with Gasteiger partial charge in [0.2, 0.25) is 0 Å². The summed E-state index contributed by atoms with van der Waals surface area (Å²) in [5.74, 6) is 0.0921. The first-order valence-electron chi connectivity index (χ1n) is 7.09. The number of nitrogens with one attached hydrogen (secondary N) is 1. The molecule has 0 bridgehead atoms. The van der Waals surface area contributed by atoms with Crippen molar-refractivity contribution in [2.24, 2.45) is 11.7 Å². The van der Waals surface area contributed by atoms with Gasteiger partial charge in [0.25, 0.3) is 5.91 Å². The van der Waals surface area contributed by atoms with Gasteiger partial charge in [0.15, 0.2) is 0 Å². The quantitative estimate of drug-likeness (QED) is 0.887. The van der Waals surface area contributed by atoms with Crippen molar-refractivity contribution >= 4 is 18.3 Å². The molecule has 5 nitrogen and oxygen atoms in total. The molecule has 1 aromatic heterocycles. The van der Waals surface area contributed by atoms with Crippen LogP contribution < -0.4 is 11.1 Å². The summed E-state index contributed by atoms with van der Waals surface area (Å²) in [6.07, 6.45) is 3.29. The smallest absolute Gasteiger partial charge is 0.254 e. The number of carbonyl (C=O) groups excluding carboxylic acids is 1. The van der Waals surface area contributed by atoms with Crippen LogP contribution in [0.4, 0.5) is 0 Å². The second-order valence-electron chi connectivity index (χ2n) is 5.74. The fraction of sp³-hybridized carbons (Fsp3) is 0.375. The van der Waals surface area contributed by atoms with Gasteiger partial charge in [0.1, 0.15) is 0 Å². The molecule has 0 spiro atoms. The number of halogens is 1. The standard InChI is InChI=1S/C16H22N4O.ClH/c1-12(2)16(3,11-17)19-15(21)13-9-18-20(10-13)14-7-5-4-6-8-14;/h4-10,12H,11,17H2,1-3H3,(H,19,21);1H. The Hall–Kier alpha value is -1.85. The maximum absolute atomic E-state index is 12.3. The molecule has 120 valence electrons. The van der Waals surface area contributed by atoms with Gasteiger partial charge in [-0.25, -0.2) is 4.68 Å². The van der Waals surface area contributed by atoms with Crippen LogP contribution in [0.25, 0.3) is 5.69 Å². The number of carbonyl (C=O) groups is 1. The van der Waals surface area contributed by atoms with E-state index in [0.29, 0.717) is 12.1 Å². The van der Waals surface area contributed by atoms with Gasteiger partial charge in [-0.05, 0) is 25.0 Å². The topological polar surface area (TPSA) is 72.9 Å². The zero-order valence-electron chi connectivity index (χ0n) is 13.1. The predicted molar refractivity (Wildman–Crippen MR) is 90.6 cm³/mol. The Balaban J connectivity index is 0.00000242. The van der Waals surface area contributed by atoms with E-state index in [0.717, 1.165) is 5.69 Å². The van der Waals surface area contributed by atoms with Crippen LogP contribution in [0.15, 0.2) is 42.7 Å². The molecule has 0 radical (unpaired) electrons. The molecular formula is C16H23ClN4O. The number of hydrogen-bond donors (Lipinski definition) is 2. The van der Waals surface area contributed by atoms with E-state index >= 15 is 0 Å².